The maximum atomic E-state index is 12.4. The molecule has 1 N–H and O–H groups in total. The van der Waals surface area contributed by atoms with Gasteiger partial charge >= 0.3 is 6.03 Å². The predicted octanol–water partition coefficient (Wildman–Crippen LogP) is 1.58. The second kappa shape index (κ2) is 7.56. The van der Waals surface area contributed by atoms with E-state index in [0.717, 1.165) is 17.7 Å². The Morgan fingerprint density at radius 1 is 1.22 bits per heavy atom. The van der Waals surface area contributed by atoms with E-state index in [1.54, 1.807) is 17.0 Å². The first-order valence-corrected chi connectivity index (χ1v) is 8.67. The molecule has 1 atom stereocenters. The number of carbonyl (C=O) groups excluding carboxylic acids is 1. The zero-order chi connectivity index (χ0) is 18.6. The van der Waals surface area contributed by atoms with Crippen LogP contribution in [0.4, 0.5) is 4.79 Å². The molecule has 0 saturated carbocycles. The van der Waals surface area contributed by atoms with Crippen molar-refractivity contribution < 1.29 is 23.7 Å². The average molecular weight is 372 g/mol. The lowest BCUT2D eigenvalue weighted by atomic mass is 10.2. The van der Waals surface area contributed by atoms with Crippen LogP contribution in [0, 0.1) is 0 Å². The number of ether oxygens (including phenoxy) is 4. The van der Waals surface area contributed by atoms with Crippen molar-refractivity contribution in [2.24, 2.45) is 0 Å². The summed E-state index contributed by atoms with van der Waals surface area (Å²) in [6, 6.07) is 8.90. The number of hydrogen-bond acceptors (Lipinski definition) is 7. The van der Waals surface area contributed by atoms with Gasteiger partial charge in [0.25, 0.3) is 0 Å². The number of urea groups is 1. The molecule has 1 saturated heterocycles. The number of carbonyl (C=O) groups is 1. The van der Waals surface area contributed by atoms with Gasteiger partial charge in [-0.25, -0.2) is 4.79 Å². The van der Waals surface area contributed by atoms with Crippen molar-refractivity contribution in [2.75, 3.05) is 27.0 Å². The van der Waals surface area contributed by atoms with E-state index < -0.39 is 0 Å². The van der Waals surface area contributed by atoms with E-state index in [9.17, 15) is 4.79 Å². The van der Waals surface area contributed by atoms with Crippen molar-refractivity contribution in [1.82, 2.24) is 20.4 Å². The molecule has 9 nitrogen and oxygen atoms in total. The van der Waals surface area contributed by atoms with Crippen LogP contribution >= 0.6 is 0 Å². The first-order valence-electron chi connectivity index (χ1n) is 8.67. The zero-order valence-corrected chi connectivity index (χ0v) is 14.9. The van der Waals surface area contributed by atoms with Crippen LogP contribution in [0.5, 0.6) is 23.3 Å². The fourth-order valence-electron chi connectivity index (χ4n) is 3.00. The van der Waals surface area contributed by atoms with Crippen LogP contribution in [0.3, 0.4) is 0 Å². The zero-order valence-electron chi connectivity index (χ0n) is 14.9. The highest BCUT2D eigenvalue weighted by atomic mass is 16.7. The molecule has 2 amide bonds. The molecule has 0 aliphatic carbocycles. The Balaban J connectivity index is 1.26. The van der Waals surface area contributed by atoms with E-state index >= 15 is 0 Å². The van der Waals surface area contributed by atoms with E-state index in [1.807, 2.05) is 18.2 Å². The Labute approximate surface area is 156 Å². The van der Waals surface area contributed by atoms with Gasteiger partial charge in [-0.2, -0.15) is 0 Å². The normalized spacial score (nSPS) is 17.7. The number of fused-ring (bicyclic) bond motifs is 1. The van der Waals surface area contributed by atoms with E-state index in [2.05, 4.69) is 15.5 Å². The van der Waals surface area contributed by atoms with Crippen molar-refractivity contribution in [3.05, 3.63) is 35.9 Å². The molecule has 2 aliphatic heterocycles. The molecule has 4 rings (SSSR count). The molecule has 2 aromatic rings. The molecular formula is C18H20N4O5. The van der Waals surface area contributed by atoms with E-state index in [1.165, 1.54) is 7.11 Å². The monoisotopic (exact) mass is 372 g/mol. The molecule has 0 bridgehead atoms. The summed E-state index contributed by atoms with van der Waals surface area (Å²) in [5, 5.41) is 10.7. The van der Waals surface area contributed by atoms with Crippen LogP contribution in [0.2, 0.25) is 0 Å². The number of likely N-dealkylation sites (tertiary alicyclic amines) is 1. The number of methoxy groups -OCH3 is 1. The second-order valence-corrected chi connectivity index (χ2v) is 6.23. The minimum absolute atomic E-state index is 0.107. The summed E-state index contributed by atoms with van der Waals surface area (Å²) in [6.07, 6.45) is 0.634. The summed E-state index contributed by atoms with van der Waals surface area (Å²) in [7, 11) is 1.53. The standard InChI is InChI=1S/C18H20N4O5/c1-24-16-4-5-17(21-20-16)27-13-6-7-22(10-13)18(23)19-9-12-2-3-14-15(8-12)26-11-25-14/h2-5,8,13H,6-7,9-11H2,1H3,(H,19,23)/t13-/m1/s1. The summed E-state index contributed by atoms with van der Waals surface area (Å²) in [5.41, 5.74) is 0.952. The molecule has 0 radical (unpaired) electrons. The molecule has 1 fully saturated rings. The first-order chi connectivity index (χ1) is 13.2. The number of nitrogens with one attached hydrogen (secondary N) is 1. The minimum atomic E-state index is -0.125. The Hall–Kier alpha value is -3.23. The first kappa shape index (κ1) is 17.2. The maximum Gasteiger partial charge on any atom is 0.317 e. The van der Waals surface area contributed by atoms with Gasteiger partial charge in [-0.1, -0.05) is 6.07 Å². The fraction of sp³-hybridized carbons (Fsp3) is 0.389. The van der Waals surface area contributed by atoms with E-state index in [4.69, 9.17) is 18.9 Å². The molecule has 2 aliphatic rings. The third-order valence-corrected chi connectivity index (χ3v) is 4.43. The van der Waals surface area contributed by atoms with Crippen LogP contribution in [-0.2, 0) is 6.54 Å². The van der Waals surface area contributed by atoms with Crippen molar-refractivity contribution in [2.45, 2.75) is 19.1 Å². The van der Waals surface area contributed by atoms with Crippen LogP contribution in [0.15, 0.2) is 30.3 Å². The number of amides is 2. The number of aromatic nitrogens is 2. The predicted molar refractivity (Wildman–Crippen MR) is 94.0 cm³/mol. The Morgan fingerprint density at radius 3 is 2.85 bits per heavy atom. The molecule has 3 heterocycles. The summed E-state index contributed by atoms with van der Waals surface area (Å²) >= 11 is 0. The highest BCUT2D eigenvalue weighted by Crippen LogP contribution is 2.32. The van der Waals surface area contributed by atoms with Crippen LogP contribution in [0.25, 0.3) is 0 Å². The summed E-state index contributed by atoms with van der Waals surface area (Å²) in [5.74, 6) is 2.28. The Bertz CT molecular complexity index is 814. The largest absolute Gasteiger partial charge is 0.480 e. The second-order valence-electron chi connectivity index (χ2n) is 6.23. The van der Waals surface area contributed by atoms with Gasteiger partial charge in [0.1, 0.15) is 6.10 Å². The van der Waals surface area contributed by atoms with Gasteiger partial charge in [0.2, 0.25) is 18.6 Å². The molecule has 0 spiro atoms. The summed E-state index contributed by atoms with van der Waals surface area (Å²) < 4.78 is 21.4. The van der Waals surface area contributed by atoms with Gasteiger partial charge < -0.3 is 29.2 Å². The summed E-state index contributed by atoms with van der Waals surface area (Å²) in [6.45, 7) is 1.78. The van der Waals surface area contributed by atoms with Crippen molar-refractivity contribution in [3.63, 3.8) is 0 Å². The van der Waals surface area contributed by atoms with Gasteiger partial charge in [0.15, 0.2) is 11.5 Å². The smallest absolute Gasteiger partial charge is 0.317 e. The van der Waals surface area contributed by atoms with E-state index in [0.29, 0.717) is 37.1 Å². The van der Waals surface area contributed by atoms with Crippen LogP contribution < -0.4 is 24.3 Å². The quantitative estimate of drug-likeness (QED) is 0.851. The van der Waals surface area contributed by atoms with Crippen molar-refractivity contribution in [3.8, 4) is 23.3 Å². The highest BCUT2D eigenvalue weighted by Gasteiger charge is 2.28. The molecule has 27 heavy (non-hydrogen) atoms. The average Bonchev–Trinajstić information content (AvgIpc) is 3.35. The number of rotatable bonds is 5. The Morgan fingerprint density at radius 2 is 2.04 bits per heavy atom. The van der Waals surface area contributed by atoms with E-state index in [-0.39, 0.29) is 18.9 Å². The fourth-order valence-corrected chi connectivity index (χ4v) is 3.00. The van der Waals surface area contributed by atoms with Crippen LogP contribution in [-0.4, -0.2) is 54.2 Å². The molecule has 0 unspecified atom stereocenters. The Kier molecular flexibility index (Phi) is 4.82. The molecule has 142 valence electrons. The van der Waals surface area contributed by atoms with Crippen molar-refractivity contribution >= 4 is 6.03 Å². The lowest BCUT2D eigenvalue weighted by molar-refractivity contribution is 0.174. The number of benzene rings is 1. The summed E-state index contributed by atoms with van der Waals surface area (Å²) in [4.78, 5) is 14.1. The topological polar surface area (TPSA) is 95.0 Å². The van der Waals surface area contributed by atoms with Crippen LogP contribution in [0.1, 0.15) is 12.0 Å². The lowest BCUT2D eigenvalue weighted by Crippen LogP contribution is -2.39. The molecule has 9 heteroatoms. The molecular weight excluding hydrogens is 352 g/mol. The van der Waals surface area contributed by atoms with Gasteiger partial charge in [-0.05, 0) is 17.7 Å². The minimum Gasteiger partial charge on any atom is -0.480 e. The number of hydrogen-bond donors (Lipinski definition) is 1. The SMILES string of the molecule is COc1ccc(O[C@@H]2CCN(C(=O)NCc3ccc4c(c3)OCO4)C2)nn1. The number of nitrogens with zero attached hydrogens (tertiary/aromatic N) is 3. The highest BCUT2D eigenvalue weighted by molar-refractivity contribution is 5.74. The molecule has 1 aromatic heterocycles. The van der Waals surface area contributed by atoms with Crippen molar-refractivity contribution in [1.29, 1.82) is 0 Å². The van der Waals surface area contributed by atoms with Gasteiger partial charge in [-0.15, -0.1) is 10.2 Å². The lowest BCUT2D eigenvalue weighted by Gasteiger charge is -2.17. The maximum absolute atomic E-state index is 12.4. The van der Waals surface area contributed by atoms with Gasteiger partial charge in [-0.3, -0.25) is 0 Å². The third-order valence-electron chi connectivity index (χ3n) is 4.43. The van der Waals surface area contributed by atoms with Gasteiger partial charge in [0.05, 0.1) is 13.7 Å². The molecule has 1 aromatic carbocycles. The van der Waals surface area contributed by atoms with Gasteiger partial charge in [0, 0.05) is 31.6 Å². The third kappa shape index (κ3) is 3.97.